The Morgan fingerprint density at radius 2 is 2.04 bits per heavy atom. The third-order valence-electron chi connectivity index (χ3n) is 4.42. The van der Waals surface area contributed by atoms with Gasteiger partial charge in [0, 0.05) is 18.8 Å². The number of carbonyl (C=O) groups is 1. The predicted octanol–water partition coefficient (Wildman–Crippen LogP) is -0.122. The van der Waals surface area contributed by atoms with Crippen molar-refractivity contribution in [3.63, 3.8) is 0 Å². The first-order valence-electron chi connectivity index (χ1n) is 9.40. The summed E-state index contributed by atoms with van der Waals surface area (Å²) in [5.41, 5.74) is 1.48. The summed E-state index contributed by atoms with van der Waals surface area (Å²) >= 11 is 0. The van der Waals surface area contributed by atoms with Gasteiger partial charge in [0.15, 0.2) is 12.0 Å². The van der Waals surface area contributed by atoms with Crippen molar-refractivity contribution in [1.82, 2.24) is 14.9 Å². The van der Waals surface area contributed by atoms with E-state index in [0.29, 0.717) is 6.54 Å². The Morgan fingerprint density at radius 3 is 2.68 bits per heavy atom. The number of nitrogens with one attached hydrogen (secondary N) is 2. The summed E-state index contributed by atoms with van der Waals surface area (Å²) in [5, 5.41) is 31.4. The Labute approximate surface area is 162 Å². The minimum Gasteiger partial charge on any atom is -0.394 e. The predicted molar refractivity (Wildman–Crippen MR) is 98.4 cm³/mol. The van der Waals surface area contributed by atoms with Crippen LogP contribution in [0.3, 0.4) is 0 Å². The molecule has 1 aromatic rings. The minimum absolute atomic E-state index is 0.00825. The second-order valence-corrected chi connectivity index (χ2v) is 6.56. The molecule has 11 heteroatoms. The lowest BCUT2D eigenvalue weighted by atomic mass is 10.1. The Morgan fingerprint density at radius 1 is 1.29 bits per heavy atom. The van der Waals surface area contributed by atoms with Crippen LogP contribution in [0.5, 0.6) is 0 Å². The highest BCUT2D eigenvalue weighted by Gasteiger charge is 2.43. The maximum Gasteiger partial charge on any atom is 0.431 e. The molecule has 5 N–H and O–H groups in total. The summed E-state index contributed by atoms with van der Waals surface area (Å²) in [6.07, 6.45) is 1.01. The monoisotopic (exact) mass is 400 g/mol. The molecule has 28 heavy (non-hydrogen) atoms. The van der Waals surface area contributed by atoms with Gasteiger partial charge in [-0.2, -0.15) is 10.5 Å². The third kappa shape index (κ3) is 5.89. The highest BCUT2D eigenvalue weighted by molar-refractivity contribution is 5.67. The molecule has 1 fully saturated rings. The standard InChI is InChI=1S/C17H28N4O7/c1-2-3-4-5-6-8-18-17(26)28-20-12-7-9-21(16(25)19-12)15-14(24)13(23)11(10-22)27-15/h7,9,11,13-15,22-24H,2-6,8,10H2,1H3,(H,18,26)(H,19,20,25)/t11-,13+,14?,15+/m1/s1. The molecule has 1 amide bonds. The van der Waals surface area contributed by atoms with E-state index < -0.39 is 42.9 Å². The van der Waals surface area contributed by atoms with Gasteiger partial charge >= 0.3 is 11.8 Å². The number of amides is 1. The van der Waals surface area contributed by atoms with Crippen molar-refractivity contribution in [2.24, 2.45) is 0 Å². The van der Waals surface area contributed by atoms with Gasteiger partial charge < -0.3 is 30.2 Å². The summed E-state index contributed by atoms with van der Waals surface area (Å²) in [7, 11) is 0. The Kier molecular flexibility index (Phi) is 8.64. The van der Waals surface area contributed by atoms with Crippen LogP contribution in [-0.2, 0) is 9.57 Å². The molecule has 0 aliphatic carbocycles. The third-order valence-corrected chi connectivity index (χ3v) is 4.42. The second kappa shape index (κ2) is 11.0. The highest BCUT2D eigenvalue weighted by atomic mass is 16.7. The van der Waals surface area contributed by atoms with Gasteiger partial charge in [-0.3, -0.25) is 4.57 Å². The minimum atomic E-state index is -1.39. The van der Waals surface area contributed by atoms with E-state index in [1.54, 1.807) is 0 Å². The largest absolute Gasteiger partial charge is 0.431 e. The summed E-state index contributed by atoms with van der Waals surface area (Å²) in [6.45, 7) is 2.12. The van der Waals surface area contributed by atoms with Crippen LogP contribution < -0.4 is 16.5 Å². The fourth-order valence-electron chi connectivity index (χ4n) is 2.83. The van der Waals surface area contributed by atoms with Crippen molar-refractivity contribution in [2.45, 2.75) is 63.6 Å². The molecule has 158 valence electrons. The van der Waals surface area contributed by atoms with E-state index >= 15 is 0 Å². The van der Waals surface area contributed by atoms with Crippen LogP contribution in [0.2, 0.25) is 0 Å². The maximum atomic E-state index is 12.1. The molecule has 0 bridgehead atoms. The van der Waals surface area contributed by atoms with E-state index in [1.807, 2.05) is 0 Å². The number of nitrogens with zero attached hydrogens (tertiary/aromatic N) is 2. The van der Waals surface area contributed by atoms with Crippen molar-refractivity contribution in [3.8, 4) is 0 Å². The number of aliphatic hydroxyl groups excluding tert-OH is 3. The number of ether oxygens (including phenoxy) is 1. The number of aliphatic hydroxyl groups is 3. The zero-order valence-electron chi connectivity index (χ0n) is 15.8. The zero-order chi connectivity index (χ0) is 20.5. The lowest BCUT2D eigenvalue weighted by Crippen LogP contribution is -2.36. The molecule has 1 aliphatic heterocycles. The number of anilines is 1. The van der Waals surface area contributed by atoms with Crippen LogP contribution in [0.15, 0.2) is 17.1 Å². The van der Waals surface area contributed by atoms with Gasteiger partial charge in [-0.1, -0.05) is 32.6 Å². The maximum absolute atomic E-state index is 12.1. The molecule has 0 radical (unpaired) electrons. The van der Waals surface area contributed by atoms with Crippen LogP contribution in [0.4, 0.5) is 10.6 Å². The van der Waals surface area contributed by atoms with Crippen LogP contribution in [0.25, 0.3) is 0 Å². The Hall–Kier alpha value is -2.21. The van der Waals surface area contributed by atoms with Crippen molar-refractivity contribution < 1.29 is 29.7 Å². The topological polar surface area (TPSA) is 155 Å². The lowest BCUT2D eigenvalue weighted by Gasteiger charge is -2.17. The molecular formula is C17H28N4O7. The van der Waals surface area contributed by atoms with E-state index in [-0.39, 0.29) is 5.82 Å². The molecule has 1 aliphatic rings. The van der Waals surface area contributed by atoms with Crippen molar-refractivity contribution in [1.29, 1.82) is 0 Å². The van der Waals surface area contributed by atoms with Gasteiger partial charge in [-0.15, -0.1) is 0 Å². The average molecular weight is 400 g/mol. The number of hydrogen-bond acceptors (Lipinski definition) is 9. The molecular weight excluding hydrogens is 372 g/mol. The smallest absolute Gasteiger partial charge is 0.394 e. The van der Waals surface area contributed by atoms with Crippen molar-refractivity contribution >= 4 is 11.9 Å². The van der Waals surface area contributed by atoms with E-state index in [9.17, 15) is 19.8 Å². The number of rotatable bonds is 10. The molecule has 1 aromatic heterocycles. The molecule has 0 saturated carbocycles. The average Bonchev–Trinajstić information content (AvgIpc) is 2.97. The number of hydrogen-bond donors (Lipinski definition) is 5. The van der Waals surface area contributed by atoms with E-state index in [1.165, 1.54) is 18.7 Å². The number of aromatic nitrogens is 2. The highest BCUT2D eigenvalue weighted by Crippen LogP contribution is 2.28. The second-order valence-electron chi connectivity index (χ2n) is 6.56. The molecule has 1 unspecified atom stereocenters. The van der Waals surface area contributed by atoms with Crippen LogP contribution >= 0.6 is 0 Å². The van der Waals surface area contributed by atoms with Gasteiger partial charge in [0.2, 0.25) is 0 Å². The van der Waals surface area contributed by atoms with Gasteiger partial charge in [0.05, 0.1) is 6.61 Å². The van der Waals surface area contributed by atoms with E-state index in [0.717, 1.165) is 30.3 Å². The lowest BCUT2D eigenvalue weighted by molar-refractivity contribution is -0.0549. The van der Waals surface area contributed by atoms with Gasteiger partial charge in [0.25, 0.3) is 0 Å². The van der Waals surface area contributed by atoms with Gasteiger partial charge in [-0.05, 0) is 6.42 Å². The molecule has 2 rings (SSSR count). The van der Waals surface area contributed by atoms with Crippen LogP contribution in [0, 0.1) is 0 Å². The number of unbranched alkanes of at least 4 members (excludes halogenated alkanes) is 4. The molecule has 0 aromatic carbocycles. The van der Waals surface area contributed by atoms with Gasteiger partial charge in [0.1, 0.15) is 18.3 Å². The molecule has 4 atom stereocenters. The fourth-order valence-corrected chi connectivity index (χ4v) is 2.83. The summed E-state index contributed by atoms with van der Waals surface area (Å²) < 4.78 is 6.25. The van der Waals surface area contributed by atoms with E-state index in [2.05, 4.69) is 22.7 Å². The van der Waals surface area contributed by atoms with Crippen LogP contribution in [-0.4, -0.2) is 62.4 Å². The summed E-state index contributed by atoms with van der Waals surface area (Å²) in [5.74, 6) is -0.00825. The normalized spacial score (nSPS) is 24.1. The molecule has 11 nitrogen and oxygen atoms in total. The first-order chi connectivity index (χ1) is 13.5. The van der Waals surface area contributed by atoms with Crippen molar-refractivity contribution in [2.75, 3.05) is 18.6 Å². The Bertz CT molecular complexity index is 684. The Balaban J connectivity index is 1.81. The molecule has 0 spiro atoms. The van der Waals surface area contributed by atoms with Gasteiger partial charge in [-0.25, -0.2) is 9.59 Å². The van der Waals surface area contributed by atoms with E-state index in [4.69, 9.17) is 14.7 Å². The summed E-state index contributed by atoms with van der Waals surface area (Å²) in [6, 6.07) is 1.34. The summed E-state index contributed by atoms with van der Waals surface area (Å²) in [4.78, 5) is 32.2. The zero-order valence-corrected chi connectivity index (χ0v) is 15.8. The first kappa shape index (κ1) is 22.1. The molecule has 2 heterocycles. The quantitative estimate of drug-likeness (QED) is 0.267. The van der Waals surface area contributed by atoms with Crippen LogP contribution in [0.1, 0.15) is 45.3 Å². The molecule has 1 saturated heterocycles. The van der Waals surface area contributed by atoms with Crippen molar-refractivity contribution in [3.05, 3.63) is 22.7 Å². The number of carbonyl (C=O) groups excluding carboxylic acids is 1. The SMILES string of the molecule is CCCCCCCNC(=O)ONc1ccn([C@H]2O[C@H](CO)[C@H](O)C2O)c(=O)n1. The fraction of sp³-hybridized carbons (Fsp3) is 0.706. The first-order valence-corrected chi connectivity index (χ1v) is 9.40.